The van der Waals surface area contributed by atoms with Crippen molar-refractivity contribution in [3.63, 3.8) is 0 Å². The summed E-state index contributed by atoms with van der Waals surface area (Å²) in [5.74, 6) is 0.522. The molecule has 2 aromatic rings. The van der Waals surface area contributed by atoms with E-state index in [0.29, 0.717) is 15.6 Å². The summed E-state index contributed by atoms with van der Waals surface area (Å²) in [5, 5.41) is 19.3. The number of aromatic nitrogens is 3. The van der Waals surface area contributed by atoms with Crippen LogP contribution >= 0.6 is 11.8 Å². The van der Waals surface area contributed by atoms with Gasteiger partial charge in [0, 0.05) is 29.6 Å². The number of aryl methyl sites for hydroxylation is 1. The molecule has 0 radical (unpaired) electrons. The van der Waals surface area contributed by atoms with Crippen LogP contribution in [-0.4, -0.2) is 25.5 Å². The van der Waals surface area contributed by atoms with Crippen LogP contribution in [0, 0.1) is 17.0 Å². The molecule has 0 N–H and O–H groups in total. The zero-order valence-electron chi connectivity index (χ0n) is 11.2. The highest BCUT2D eigenvalue weighted by Gasteiger charge is 2.17. The molecule has 0 amide bonds. The number of non-ortho nitro benzene ring substituents is 1. The fourth-order valence-corrected chi connectivity index (χ4v) is 2.57. The second-order valence-electron chi connectivity index (χ2n) is 4.18. The molecule has 0 spiro atoms. The van der Waals surface area contributed by atoms with Crippen LogP contribution < -0.4 is 0 Å². The molecule has 0 aliphatic heterocycles. The van der Waals surface area contributed by atoms with Gasteiger partial charge in [0.1, 0.15) is 5.82 Å². The molecule has 104 valence electrons. The Morgan fingerprint density at radius 2 is 2.10 bits per heavy atom. The minimum absolute atomic E-state index is 0.103. The van der Waals surface area contributed by atoms with Gasteiger partial charge in [-0.3, -0.25) is 14.9 Å². The van der Waals surface area contributed by atoms with Gasteiger partial charge in [-0.25, -0.2) is 0 Å². The van der Waals surface area contributed by atoms with Gasteiger partial charge in [0.05, 0.1) is 4.92 Å². The lowest BCUT2D eigenvalue weighted by Gasteiger charge is -2.06. The van der Waals surface area contributed by atoms with Crippen molar-refractivity contribution < 1.29 is 9.72 Å². The summed E-state index contributed by atoms with van der Waals surface area (Å²) < 4.78 is 1.79. The minimum Gasteiger partial charge on any atom is -0.309 e. The van der Waals surface area contributed by atoms with E-state index in [1.165, 1.54) is 30.8 Å². The number of carbonyl (C=O) groups is 1. The first-order valence-electron chi connectivity index (χ1n) is 5.73. The van der Waals surface area contributed by atoms with Gasteiger partial charge >= 0.3 is 0 Å². The Morgan fingerprint density at radius 3 is 2.60 bits per heavy atom. The van der Waals surface area contributed by atoms with Crippen LogP contribution in [0.15, 0.2) is 28.3 Å². The maximum absolute atomic E-state index is 11.6. The van der Waals surface area contributed by atoms with Crippen LogP contribution in [0.2, 0.25) is 0 Å². The third-order valence-electron chi connectivity index (χ3n) is 2.81. The topological polar surface area (TPSA) is 90.9 Å². The summed E-state index contributed by atoms with van der Waals surface area (Å²) in [4.78, 5) is 22.5. The summed E-state index contributed by atoms with van der Waals surface area (Å²) >= 11 is 1.26. The maximum atomic E-state index is 11.6. The molecule has 1 heterocycles. The van der Waals surface area contributed by atoms with Crippen molar-refractivity contribution in [3.05, 3.63) is 39.7 Å². The third-order valence-corrected chi connectivity index (χ3v) is 3.92. The molecule has 0 unspecified atom stereocenters. The van der Waals surface area contributed by atoms with Crippen molar-refractivity contribution in [2.45, 2.75) is 23.9 Å². The highest BCUT2D eigenvalue weighted by molar-refractivity contribution is 7.99. The van der Waals surface area contributed by atoms with E-state index in [1.54, 1.807) is 10.6 Å². The summed E-state index contributed by atoms with van der Waals surface area (Å²) in [6.07, 6.45) is 0. The molecule has 1 aromatic heterocycles. The average Bonchev–Trinajstić information content (AvgIpc) is 2.70. The molecule has 1 aromatic carbocycles. The number of hydrogen-bond acceptors (Lipinski definition) is 6. The number of benzene rings is 1. The monoisotopic (exact) mass is 292 g/mol. The molecule has 0 fully saturated rings. The standard InChI is InChI=1S/C12H12N4O3S/c1-7(17)10-6-9(16(18)19)4-5-11(10)20-12-14-13-8(2)15(12)3/h4-6H,1-3H3. The molecular formula is C12H12N4O3S. The van der Waals surface area contributed by atoms with Crippen LogP contribution in [-0.2, 0) is 7.05 Å². The summed E-state index contributed by atoms with van der Waals surface area (Å²) in [5.41, 5.74) is 0.207. The van der Waals surface area contributed by atoms with Gasteiger partial charge in [-0.2, -0.15) is 0 Å². The second-order valence-corrected chi connectivity index (χ2v) is 5.19. The van der Waals surface area contributed by atoms with Crippen LogP contribution in [0.1, 0.15) is 23.1 Å². The Morgan fingerprint density at radius 1 is 1.40 bits per heavy atom. The van der Waals surface area contributed by atoms with E-state index in [0.717, 1.165) is 5.82 Å². The van der Waals surface area contributed by atoms with Gasteiger partial charge in [0.2, 0.25) is 0 Å². The number of ketones is 1. The van der Waals surface area contributed by atoms with E-state index in [2.05, 4.69) is 10.2 Å². The number of nitrogens with zero attached hydrogens (tertiary/aromatic N) is 4. The Labute approximate surface area is 119 Å². The van der Waals surface area contributed by atoms with Gasteiger partial charge in [0.25, 0.3) is 5.69 Å². The lowest BCUT2D eigenvalue weighted by Crippen LogP contribution is -1.99. The molecular weight excluding hydrogens is 280 g/mol. The van der Waals surface area contributed by atoms with Gasteiger partial charge in [0.15, 0.2) is 10.9 Å². The van der Waals surface area contributed by atoms with E-state index >= 15 is 0 Å². The molecule has 0 bridgehead atoms. The molecule has 7 nitrogen and oxygen atoms in total. The normalized spacial score (nSPS) is 10.6. The number of nitro benzene ring substituents is 1. The predicted octanol–water partition coefficient (Wildman–Crippen LogP) is 2.39. The van der Waals surface area contributed by atoms with Crippen LogP contribution in [0.5, 0.6) is 0 Å². The van der Waals surface area contributed by atoms with E-state index in [4.69, 9.17) is 0 Å². The smallest absolute Gasteiger partial charge is 0.270 e. The maximum Gasteiger partial charge on any atom is 0.270 e. The Kier molecular flexibility index (Phi) is 3.84. The average molecular weight is 292 g/mol. The van der Waals surface area contributed by atoms with Crippen LogP contribution in [0.4, 0.5) is 5.69 Å². The molecule has 2 rings (SSSR count). The quantitative estimate of drug-likeness (QED) is 0.488. The fraction of sp³-hybridized carbons (Fsp3) is 0.250. The van der Waals surface area contributed by atoms with Gasteiger partial charge in [-0.05, 0) is 31.7 Å². The van der Waals surface area contributed by atoms with Crippen molar-refractivity contribution in [3.8, 4) is 0 Å². The van der Waals surface area contributed by atoms with Crippen molar-refractivity contribution >= 4 is 23.2 Å². The zero-order chi connectivity index (χ0) is 14.9. The van der Waals surface area contributed by atoms with Crippen molar-refractivity contribution in [1.29, 1.82) is 0 Å². The largest absolute Gasteiger partial charge is 0.309 e. The fourth-order valence-electron chi connectivity index (χ4n) is 1.57. The number of nitro groups is 1. The Balaban J connectivity index is 2.43. The first kappa shape index (κ1) is 14.2. The molecule has 0 aliphatic carbocycles. The number of hydrogen-bond donors (Lipinski definition) is 0. The first-order chi connectivity index (χ1) is 9.40. The molecule has 8 heteroatoms. The number of rotatable bonds is 4. The molecule has 0 aliphatic rings. The van der Waals surface area contributed by atoms with E-state index in [1.807, 2.05) is 14.0 Å². The highest BCUT2D eigenvalue weighted by Crippen LogP contribution is 2.31. The summed E-state index contributed by atoms with van der Waals surface area (Å²) in [6.45, 7) is 3.20. The van der Waals surface area contributed by atoms with Gasteiger partial charge < -0.3 is 4.57 Å². The summed E-state index contributed by atoms with van der Waals surface area (Å²) in [6, 6.07) is 4.22. The van der Waals surface area contributed by atoms with Crippen LogP contribution in [0.25, 0.3) is 0 Å². The van der Waals surface area contributed by atoms with E-state index < -0.39 is 4.92 Å². The van der Waals surface area contributed by atoms with Gasteiger partial charge in [-0.1, -0.05) is 0 Å². The SMILES string of the molecule is CC(=O)c1cc([N+](=O)[O-])ccc1Sc1nnc(C)n1C. The zero-order valence-corrected chi connectivity index (χ0v) is 12.0. The third kappa shape index (κ3) is 2.69. The molecule has 0 saturated heterocycles. The lowest BCUT2D eigenvalue weighted by molar-refractivity contribution is -0.384. The Hall–Kier alpha value is -2.22. The Bertz CT molecular complexity index is 696. The summed E-state index contributed by atoms with van der Waals surface area (Å²) in [7, 11) is 1.82. The highest BCUT2D eigenvalue weighted by atomic mass is 32.2. The van der Waals surface area contributed by atoms with Crippen molar-refractivity contribution in [2.24, 2.45) is 7.05 Å². The van der Waals surface area contributed by atoms with E-state index in [9.17, 15) is 14.9 Å². The van der Waals surface area contributed by atoms with E-state index in [-0.39, 0.29) is 11.5 Å². The minimum atomic E-state index is -0.520. The molecule has 0 atom stereocenters. The second kappa shape index (κ2) is 5.41. The number of carbonyl (C=O) groups excluding carboxylic acids is 1. The molecule has 20 heavy (non-hydrogen) atoms. The van der Waals surface area contributed by atoms with Crippen LogP contribution in [0.3, 0.4) is 0 Å². The number of Topliss-reactive ketones (excluding diaryl/α,β-unsaturated/α-hetero) is 1. The van der Waals surface area contributed by atoms with Crippen molar-refractivity contribution in [2.75, 3.05) is 0 Å². The van der Waals surface area contributed by atoms with Crippen molar-refractivity contribution in [1.82, 2.24) is 14.8 Å². The lowest BCUT2D eigenvalue weighted by atomic mass is 10.1. The first-order valence-corrected chi connectivity index (χ1v) is 6.55. The molecule has 0 saturated carbocycles. The predicted molar refractivity (Wildman–Crippen MR) is 73.0 cm³/mol. The van der Waals surface area contributed by atoms with Gasteiger partial charge in [-0.15, -0.1) is 10.2 Å².